The lowest BCUT2D eigenvalue weighted by molar-refractivity contribution is -0.139. The Kier molecular flexibility index (Phi) is 5.31. The van der Waals surface area contributed by atoms with Gasteiger partial charge in [0.1, 0.15) is 6.61 Å². The molecule has 2 N–H and O–H groups in total. The molecule has 0 aliphatic carbocycles. The highest BCUT2D eigenvalue weighted by molar-refractivity contribution is 7.92. The predicted octanol–water partition coefficient (Wildman–Crippen LogP) is 0.801. The van der Waals surface area contributed by atoms with Crippen LogP contribution in [0, 0.1) is 0 Å². The summed E-state index contributed by atoms with van der Waals surface area (Å²) in [5.41, 5.74) is 0.761. The number of amides is 1. The van der Waals surface area contributed by atoms with Gasteiger partial charge < -0.3 is 15.2 Å². The summed E-state index contributed by atoms with van der Waals surface area (Å²) in [6, 6.07) is 8.88. The Morgan fingerprint density at radius 2 is 1.86 bits per heavy atom. The lowest BCUT2D eigenvalue weighted by Gasteiger charge is -2.22. The zero-order chi connectivity index (χ0) is 16.1. The van der Waals surface area contributed by atoms with Crippen molar-refractivity contribution in [2.45, 2.75) is 18.3 Å². The van der Waals surface area contributed by atoms with Crippen molar-refractivity contribution in [1.29, 1.82) is 0 Å². The first-order valence-corrected chi connectivity index (χ1v) is 7.93. The van der Waals surface area contributed by atoms with Gasteiger partial charge in [0.25, 0.3) is 0 Å². The quantitative estimate of drug-likeness (QED) is 0.803. The van der Waals surface area contributed by atoms with Crippen LogP contribution in [0.4, 0.5) is 4.79 Å². The van der Waals surface area contributed by atoms with Crippen molar-refractivity contribution in [2.24, 2.45) is 0 Å². The van der Waals surface area contributed by atoms with Gasteiger partial charge in [0.2, 0.25) is 0 Å². The second-order valence-electron chi connectivity index (χ2n) is 4.72. The smallest absolute Gasteiger partial charge is 0.407 e. The molecule has 0 aliphatic rings. The van der Waals surface area contributed by atoms with E-state index in [0.717, 1.165) is 18.7 Å². The molecule has 7 nitrogen and oxygen atoms in total. The largest absolute Gasteiger partial charge is 0.480 e. The number of nitrogens with one attached hydrogen (secondary N) is 1. The molecule has 0 aliphatic heterocycles. The monoisotopic (exact) mass is 315 g/mol. The van der Waals surface area contributed by atoms with Gasteiger partial charge in [-0.05, 0) is 12.5 Å². The molecule has 0 saturated heterocycles. The molecule has 1 atom stereocenters. The topological polar surface area (TPSA) is 110 Å². The van der Waals surface area contributed by atoms with E-state index >= 15 is 0 Å². The van der Waals surface area contributed by atoms with Crippen molar-refractivity contribution in [1.82, 2.24) is 5.32 Å². The van der Waals surface area contributed by atoms with E-state index in [1.54, 1.807) is 24.3 Å². The average molecular weight is 315 g/mol. The predicted molar refractivity (Wildman–Crippen MR) is 75.5 cm³/mol. The number of carbonyl (C=O) groups excluding carboxylic acids is 1. The second kappa shape index (κ2) is 6.57. The van der Waals surface area contributed by atoms with Gasteiger partial charge in [-0.1, -0.05) is 30.3 Å². The van der Waals surface area contributed by atoms with E-state index in [-0.39, 0.29) is 6.61 Å². The fourth-order valence-electron chi connectivity index (χ4n) is 1.38. The maximum Gasteiger partial charge on any atom is 0.407 e. The third-order valence-electron chi connectivity index (χ3n) is 3.05. The molecule has 21 heavy (non-hydrogen) atoms. The molecular formula is C13H17NO6S. The fourth-order valence-corrected chi connectivity index (χ4v) is 2.03. The van der Waals surface area contributed by atoms with Gasteiger partial charge in [-0.25, -0.2) is 13.2 Å². The number of sulfone groups is 1. The van der Waals surface area contributed by atoms with E-state index < -0.39 is 33.2 Å². The minimum atomic E-state index is -3.90. The van der Waals surface area contributed by atoms with Crippen molar-refractivity contribution < 1.29 is 27.9 Å². The second-order valence-corrected chi connectivity index (χ2v) is 7.17. The lowest BCUT2D eigenvalue weighted by Crippen LogP contribution is -2.52. The number of carbonyl (C=O) groups is 2. The van der Waals surface area contributed by atoms with Crippen molar-refractivity contribution in [3.05, 3.63) is 35.9 Å². The summed E-state index contributed by atoms with van der Waals surface area (Å²) in [5.74, 6) is -1.53. The minimum absolute atomic E-state index is 0.00926. The van der Waals surface area contributed by atoms with Crippen LogP contribution in [0.5, 0.6) is 0 Å². The molecule has 116 valence electrons. The molecule has 1 aromatic rings. The summed E-state index contributed by atoms with van der Waals surface area (Å²) in [6.07, 6.45) is -0.0760. The van der Waals surface area contributed by atoms with Crippen LogP contribution in [-0.2, 0) is 26.0 Å². The Morgan fingerprint density at radius 1 is 1.29 bits per heavy atom. The number of aliphatic carboxylic acids is 1. The molecule has 0 fully saturated rings. The average Bonchev–Trinajstić information content (AvgIpc) is 2.42. The molecule has 0 radical (unpaired) electrons. The number of benzene rings is 1. The molecule has 8 heteroatoms. The molecule has 1 unspecified atom stereocenters. The van der Waals surface area contributed by atoms with E-state index in [9.17, 15) is 18.0 Å². The standard InChI is InChI=1S/C13H17NO6S/c1-13(11(15)16,21(2,18)19)9-14-12(17)20-8-10-6-4-3-5-7-10/h3-7H,8-9H2,1-2H3,(H,14,17)(H,15,16). The van der Waals surface area contributed by atoms with Gasteiger partial charge in [-0.2, -0.15) is 0 Å². The lowest BCUT2D eigenvalue weighted by atomic mass is 10.2. The van der Waals surface area contributed by atoms with Crippen LogP contribution in [0.1, 0.15) is 12.5 Å². The summed E-state index contributed by atoms with van der Waals surface area (Å²) in [5, 5.41) is 11.2. The van der Waals surface area contributed by atoms with Gasteiger partial charge in [0.05, 0.1) is 6.54 Å². The van der Waals surface area contributed by atoms with Crippen LogP contribution in [0.25, 0.3) is 0 Å². The van der Waals surface area contributed by atoms with Crippen molar-refractivity contribution in [3.8, 4) is 0 Å². The van der Waals surface area contributed by atoms with Gasteiger partial charge in [0, 0.05) is 6.26 Å². The molecule has 1 amide bonds. The van der Waals surface area contributed by atoms with E-state index in [1.165, 1.54) is 0 Å². The Bertz CT molecular complexity index is 613. The summed E-state index contributed by atoms with van der Waals surface area (Å²) < 4.78 is 25.8. The maximum absolute atomic E-state index is 11.5. The zero-order valence-electron chi connectivity index (χ0n) is 11.7. The molecule has 0 bridgehead atoms. The number of rotatable bonds is 6. The van der Waals surface area contributed by atoms with Gasteiger partial charge in [-0.3, -0.25) is 4.79 Å². The van der Waals surface area contributed by atoms with Crippen LogP contribution in [0.15, 0.2) is 30.3 Å². The third-order valence-corrected chi connectivity index (χ3v) is 5.01. The number of ether oxygens (including phenoxy) is 1. The van der Waals surface area contributed by atoms with Gasteiger partial charge in [-0.15, -0.1) is 0 Å². The molecule has 0 spiro atoms. The number of carboxylic acid groups (broad SMARTS) is 1. The molecule has 1 aromatic carbocycles. The molecular weight excluding hydrogens is 298 g/mol. The number of hydrogen-bond acceptors (Lipinski definition) is 5. The maximum atomic E-state index is 11.5. The summed E-state index contributed by atoms with van der Waals surface area (Å²) >= 11 is 0. The van der Waals surface area contributed by atoms with Crippen LogP contribution in [0.2, 0.25) is 0 Å². The highest BCUT2D eigenvalue weighted by Crippen LogP contribution is 2.15. The molecule has 0 aromatic heterocycles. The van der Waals surface area contributed by atoms with Gasteiger partial charge >= 0.3 is 12.1 Å². The van der Waals surface area contributed by atoms with Crippen molar-refractivity contribution in [2.75, 3.05) is 12.8 Å². The number of hydrogen-bond donors (Lipinski definition) is 2. The van der Waals surface area contributed by atoms with Crippen molar-refractivity contribution >= 4 is 21.9 Å². The SMILES string of the molecule is CC(CNC(=O)OCc1ccccc1)(C(=O)O)S(C)(=O)=O. The highest BCUT2D eigenvalue weighted by Gasteiger charge is 2.44. The molecule has 0 heterocycles. The highest BCUT2D eigenvalue weighted by atomic mass is 32.2. The van der Waals surface area contributed by atoms with E-state index in [4.69, 9.17) is 9.84 Å². The summed E-state index contributed by atoms with van der Waals surface area (Å²) in [7, 11) is -3.90. The van der Waals surface area contributed by atoms with E-state index in [2.05, 4.69) is 5.32 Å². The Balaban J connectivity index is 2.57. The van der Waals surface area contributed by atoms with Crippen LogP contribution >= 0.6 is 0 Å². The number of carboxylic acids is 1. The van der Waals surface area contributed by atoms with Crippen LogP contribution in [-0.4, -0.2) is 43.1 Å². The summed E-state index contributed by atoms with van der Waals surface area (Å²) in [4.78, 5) is 22.6. The first kappa shape index (κ1) is 17.0. The summed E-state index contributed by atoms with van der Waals surface area (Å²) in [6.45, 7) is 0.465. The Labute approximate surface area is 122 Å². The number of alkyl carbamates (subject to hydrolysis) is 1. The molecule has 0 saturated carbocycles. The van der Waals surface area contributed by atoms with E-state index in [0.29, 0.717) is 0 Å². The first-order valence-electron chi connectivity index (χ1n) is 6.04. The van der Waals surface area contributed by atoms with E-state index in [1.807, 2.05) is 6.07 Å². The fraction of sp³-hybridized carbons (Fsp3) is 0.385. The van der Waals surface area contributed by atoms with Gasteiger partial charge in [0.15, 0.2) is 14.6 Å². The molecule has 1 rings (SSSR count). The Hall–Kier alpha value is -2.09. The third kappa shape index (κ3) is 4.45. The Morgan fingerprint density at radius 3 is 2.33 bits per heavy atom. The minimum Gasteiger partial charge on any atom is -0.480 e. The van der Waals surface area contributed by atoms with Crippen LogP contribution < -0.4 is 5.32 Å². The van der Waals surface area contributed by atoms with Crippen LogP contribution in [0.3, 0.4) is 0 Å². The zero-order valence-corrected chi connectivity index (χ0v) is 12.5. The normalized spacial score (nSPS) is 14.0. The first-order chi connectivity index (χ1) is 9.67. The van der Waals surface area contributed by atoms with Crippen molar-refractivity contribution in [3.63, 3.8) is 0 Å².